The van der Waals surface area contributed by atoms with Gasteiger partial charge in [0.1, 0.15) is 0 Å². The van der Waals surface area contributed by atoms with Crippen molar-refractivity contribution in [2.24, 2.45) is 0 Å². The number of likely N-dealkylation sites (tertiary alicyclic amines) is 1. The third-order valence-corrected chi connectivity index (χ3v) is 5.57. The van der Waals surface area contributed by atoms with Crippen LogP contribution < -0.4 is 5.32 Å². The van der Waals surface area contributed by atoms with Gasteiger partial charge in [0.15, 0.2) is 0 Å². The summed E-state index contributed by atoms with van der Waals surface area (Å²) in [6.45, 7) is 4.96. The van der Waals surface area contributed by atoms with Crippen LogP contribution in [0.2, 0.25) is 5.02 Å². The highest BCUT2D eigenvalue weighted by Crippen LogP contribution is 2.24. The van der Waals surface area contributed by atoms with Crippen LogP contribution in [0, 0.1) is 6.92 Å². The van der Waals surface area contributed by atoms with Crippen LogP contribution in [0.3, 0.4) is 0 Å². The van der Waals surface area contributed by atoms with E-state index in [1.54, 1.807) is 0 Å². The summed E-state index contributed by atoms with van der Waals surface area (Å²) in [6.07, 6.45) is 5.47. The van der Waals surface area contributed by atoms with Crippen molar-refractivity contribution in [2.45, 2.75) is 45.1 Å². The molecule has 0 aliphatic carbocycles. The number of carbonyl (C=O) groups is 1. The van der Waals surface area contributed by atoms with Crippen LogP contribution in [0.4, 0.5) is 0 Å². The molecule has 144 valence electrons. The molecule has 2 aromatic carbocycles. The maximum Gasteiger partial charge on any atom is 0.224 e. The quantitative estimate of drug-likeness (QED) is 0.766. The molecule has 0 aromatic heterocycles. The van der Waals surface area contributed by atoms with Crippen LogP contribution in [0.15, 0.2) is 48.5 Å². The van der Waals surface area contributed by atoms with Crippen LogP contribution in [-0.2, 0) is 11.2 Å². The van der Waals surface area contributed by atoms with Gasteiger partial charge in [-0.15, -0.1) is 0 Å². The van der Waals surface area contributed by atoms with Crippen molar-refractivity contribution >= 4 is 17.5 Å². The maximum absolute atomic E-state index is 12.5. The fourth-order valence-corrected chi connectivity index (χ4v) is 3.84. The molecule has 1 aliphatic rings. The molecule has 1 N–H and O–H groups in total. The first-order chi connectivity index (χ1) is 13.1. The van der Waals surface area contributed by atoms with Crippen LogP contribution in [0.5, 0.6) is 0 Å². The normalized spacial score (nSPS) is 16.5. The van der Waals surface area contributed by atoms with E-state index in [9.17, 15) is 4.79 Å². The van der Waals surface area contributed by atoms with E-state index in [4.69, 9.17) is 11.6 Å². The summed E-state index contributed by atoms with van der Waals surface area (Å²) >= 11 is 5.92. The van der Waals surface area contributed by atoms with Crippen molar-refractivity contribution < 1.29 is 4.79 Å². The fourth-order valence-electron chi connectivity index (χ4n) is 3.71. The van der Waals surface area contributed by atoms with Gasteiger partial charge < -0.3 is 5.32 Å². The Morgan fingerprint density at radius 1 is 1.00 bits per heavy atom. The molecule has 1 aliphatic heterocycles. The molecule has 1 amide bonds. The maximum atomic E-state index is 12.5. The number of benzene rings is 2. The van der Waals surface area contributed by atoms with E-state index in [0.29, 0.717) is 18.0 Å². The van der Waals surface area contributed by atoms with Gasteiger partial charge >= 0.3 is 0 Å². The molecule has 1 saturated heterocycles. The van der Waals surface area contributed by atoms with E-state index < -0.39 is 0 Å². The third-order valence-electron chi connectivity index (χ3n) is 5.31. The molecule has 27 heavy (non-hydrogen) atoms. The van der Waals surface area contributed by atoms with Gasteiger partial charge in [-0.1, -0.05) is 66.4 Å². The Morgan fingerprint density at radius 2 is 1.63 bits per heavy atom. The predicted molar refractivity (Wildman–Crippen MR) is 112 cm³/mol. The van der Waals surface area contributed by atoms with Gasteiger partial charge in [-0.05, 0) is 56.1 Å². The standard InChI is InChI=1S/C23H29ClN2O/c1-18-6-10-20(11-7-18)22(26-14-4-2-3-5-15-26)17-25-23(27)16-19-8-12-21(24)13-9-19/h6-13,22H,2-5,14-17H2,1H3,(H,25,27)/t22-/m0/s1. The highest BCUT2D eigenvalue weighted by atomic mass is 35.5. The number of aryl methyl sites for hydroxylation is 1. The lowest BCUT2D eigenvalue weighted by Crippen LogP contribution is -2.39. The first kappa shape index (κ1) is 19.9. The summed E-state index contributed by atoms with van der Waals surface area (Å²) in [5.74, 6) is 0.0595. The summed E-state index contributed by atoms with van der Waals surface area (Å²) in [5, 5.41) is 3.86. The molecule has 3 rings (SSSR count). The Balaban J connectivity index is 1.65. The largest absolute Gasteiger partial charge is 0.354 e. The Hall–Kier alpha value is -1.84. The van der Waals surface area contributed by atoms with E-state index in [0.717, 1.165) is 18.7 Å². The molecular formula is C23H29ClN2O. The molecule has 1 heterocycles. The second-order valence-electron chi connectivity index (χ2n) is 7.48. The molecule has 0 bridgehead atoms. The first-order valence-electron chi connectivity index (χ1n) is 9.93. The minimum absolute atomic E-state index is 0.0595. The molecule has 0 unspecified atom stereocenters. The van der Waals surface area contributed by atoms with Crippen LogP contribution in [-0.4, -0.2) is 30.4 Å². The van der Waals surface area contributed by atoms with Crippen molar-refractivity contribution in [3.8, 4) is 0 Å². The number of amides is 1. The van der Waals surface area contributed by atoms with Crippen molar-refractivity contribution in [1.82, 2.24) is 10.2 Å². The number of nitrogens with zero attached hydrogens (tertiary/aromatic N) is 1. The molecular weight excluding hydrogens is 356 g/mol. The van der Waals surface area contributed by atoms with Crippen LogP contribution in [0.25, 0.3) is 0 Å². The first-order valence-corrected chi connectivity index (χ1v) is 10.3. The average Bonchev–Trinajstić information content (AvgIpc) is 2.95. The molecule has 2 aromatic rings. The van der Waals surface area contributed by atoms with Crippen molar-refractivity contribution in [1.29, 1.82) is 0 Å². The summed E-state index contributed by atoms with van der Waals surface area (Å²) in [4.78, 5) is 15.0. The Kier molecular flexibility index (Phi) is 7.31. The summed E-state index contributed by atoms with van der Waals surface area (Å²) in [7, 11) is 0. The monoisotopic (exact) mass is 384 g/mol. The van der Waals surface area contributed by atoms with Gasteiger partial charge in [-0.3, -0.25) is 9.69 Å². The van der Waals surface area contributed by atoms with Gasteiger partial charge in [0.25, 0.3) is 0 Å². The Morgan fingerprint density at radius 3 is 2.26 bits per heavy atom. The predicted octanol–water partition coefficient (Wildman–Crippen LogP) is 4.92. The summed E-state index contributed by atoms with van der Waals surface area (Å²) in [6, 6.07) is 16.4. The molecule has 4 heteroatoms. The van der Waals surface area contributed by atoms with Gasteiger partial charge in [-0.25, -0.2) is 0 Å². The highest BCUT2D eigenvalue weighted by molar-refractivity contribution is 6.30. The van der Waals surface area contributed by atoms with Crippen molar-refractivity contribution in [2.75, 3.05) is 19.6 Å². The number of hydrogen-bond donors (Lipinski definition) is 1. The third kappa shape index (κ3) is 6.08. The van der Waals surface area contributed by atoms with Gasteiger partial charge in [0.05, 0.1) is 12.5 Å². The fraction of sp³-hybridized carbons (Fsp3) is 0.435. The Labute approximate surface area is 167 Å². The zero-order valence-electron chi connectivity index (χ0n) is 16.1. The molecule has 1 atom stereocenters. The lowest BCUT2D eigenvalue weighted by atomic mass is 10.0. The van der Waals surface area contributed by atoms with E-state index >= 15 is 0 Å². The second-order valence-corrected chi connectivity index (χ2v) is 7.92. The number of rotatable bonds is 6. The number of halogens is 1. The van der Waals surface area contributed by atoms with Gasteiger partial charge in [0.2, 0.25) is 5.91 Å². The minimum atomic E-state index is 0.0595. The highest BCUT2D eigenvalue weighted by Gasteiger charge is 2.22. The molecule has 0 spiro atoms. The lowest BCUT2D eigenvalue weighted by molar-refractivity contribution is -0.120. The van der Waals surface area contributed by atoms with Gasteiger partial charge in [-0.2, -0.15) is 0 Å². The van der Waals surface area contributed by atoms with E-state index in [-0.39, 0.29) is 11.9 Å². The summed E-state index contributed by atoms with van der Waals surface area (Å²) in [5.41, 5.74) is 3.54. The SMILES string of the molecule is Cc1ccc([C@H](CNC(=O)Cc2ccc(Cl)cc2)N2CCCCCC2)cc1. The zero-order chi connectivity index (χ0) is 19.1. The average molecular weight is 385 g/mol. The topological polar surface area (TPSA) is 32.3 Å². The number of nitrogens with one attached hydrogen (secondary N) is 1. The van der Waals surface area contributed by atoms with E-state index in [2.05, 4.69) is 41.4 Å². The second kappa shape index (κ2) is 9.91. The minimum Gasteiger partial charge on any atom is -0.354 e. The number of hydrogen-bond acceptors (Lipinski definition) is 2. The Bertz CT molecular complexity index is 719. The van der Waals surface area contributed by atoms with E-state index in [1.807, 2.05) is 24.3 Å². The van der Waals surface area contributed by atoms with Gasteiger partial charge in [0, 0.05) is 11.6 Å². The van der Waals surface area contributed by atoms with Crippen molar-refractivity contribution in [3.05, 3.63) is 70.2 Å². The molecule has 1 fully saturated rings. The van der Waals surface area contributed by atoms with E-state index in [1.165, 1.54) is 36.8 Å². The lowest BCUT2D eigenvalue weighted by Gasteiger charge is -2.31. The summed E-state index contributed by atoms with van der Waals surface area (Å²) < 4.78 is 0. The zero-order valence-corrected chi connectivity index (χ0v) is 16.8. The van der Waals surface area contributed by atoms with Crippen molar-refractivity contribution in [3.63, 3.8) is 0 Å². The molecule has 0 radical (unpaired) electrons. The molecule has 0 saturated carbocycles. The van der Waals surface area contributed by atoms with Crippen LogP contribution in [0.1, 0.15) is 48.4 Å². The number of carbonyl (C=O) groups excluding carboxylic acids is 1. The molecule has 3 nitrogen and oxygen atoms in total. The van der Waals surface area contributed by atoms with Crippen LogP contribution >= 0.6 is 11.6 Å². The smallest absolute Gasteiger partial charge is 0.224 e.